The molecule has 0 atom stereocenters. The van der Waals surface area contributed by atoms with Crippen molar-refractivity contribution in [3.05, 3.63) is 96.9 Å². The molecule has 184 valence electrons. The van der Waals surface area contributed by atoms with Gasteiger partial charge < -0.3 is 9.47 Å². The molecule has 1 heterocycles. The number of anilines is 1. The number of nitro groups is 1. The first kappa shape index (κ1) is 26.0. The molecule has 4 rings (SSSR count). The van der Waals surface area contributed by atoms with Gasteiger partial charge in [-0.1, -0.05) is 59.3 Å². The monoisotopic (exact) mass is 560 g/mol. The van der Waals surface area contributed by atoms with Crippen molar-refractivity contribution in [1.82, 2.24) is 0 Å². The van der Waals surface area contributed by atoms with Crippen molar-refractivity contribution < 1.29 is 19.2 Å². The van der Waals surface area contributed by atoms with Crippen LogP contribution in [0.25, 0.3) is 6.08 Å². The summed E-state index contributed by atoms with van der Waals surface area (Å²) in [6.07, 6.45) is 1.67. The molecule has 0 radical (unpaired) electrons. The normalized spacial score (nSPS) is 14.4. The zero-order valence-corrected chi connectivity index (χ0v) is 21.9. The van der Waals surface area contributed by atoms with E-state index >= 15 is 0 Å². The van der Waals surface area contributed by atoms with Crippen molar-refractivity contribution in [3.8, 4) is 11.5 Å². The minimum Gasteiger partial charge on any atom is -0.490 e. The molecule has 1 saturated heterocycles. The summed E-state index contributed by atoms with van der Waals surface area (Å²) < 4.78 is 12.0. The van der Waals surface area contributed by atoms with Gasteiger partial charge >= 0.3 is 0 Å². The molecular formula is C25H18Cl2N2O5S2. The highest BCUT2D eigenvalue weighted by Gasteiger charge is 2.33. The summed E-state index contributed by atoms with van der Waals surface area (Å²) in [5.41, 5.74) is 1.92. The minimum absolute atomic E-state index is 0.0730. The first-order valence-corrected chi connectivity index (χ1v) is 12.6. The van der Waals surface area contributed by atoms with Crippen LogP contribution < -0.4 is 14.4 Å². The fourth-order valence-electron chi connectivity index (χ4n) is 3.38. The summed E-state index contributed by atoms with van der Waals surface area (Å²) in [6, 6.07) is 16.3. The second-order valence-electron chi connectivity index (χ2n) is 7.47. The van der Waals surface area contributed by atoms with Gasteiger partial charge in [-0.05, 0) is 60.5 Å². The van der Waals surface area contributed by atoms with Crippen LogP contribution in [0.5, 0.6) is 11.5 Å². The molecule has 1 fully saturated rings. The van der Waals surface area contributed by atoms with Gasteiger partial charge in [-0.2, -0.15) is 0 Å². The van der Waals surface area contributed by atoms with Crippen LogP contribution in [0, 0.1) is 10.1 Å². The number of thioether (sulfide) groups is 1. The number of benzene rings is 3. The number of carbonyl (C=O) groups is 1. The van der Waals surface area contributed by atoms with Crippen LogP contribution in [-0.4, -0.2) is 21.8 Å². The molecule has 3 aromatic carbocycles. The van der Waals surface area contributed by atoms with Gasteiger partial charge in [-0.15, -0.1) is 0 Å². The second kappa shape index (κ2) is 11.3. The summed E-state index contributed by atoms with van der Waals surface area (Å²) in [6.45, 7) is 2.50. The predicted octanol–water partition coefficient (Wildman–Crippen LogP) is 7.29. The lowest BCUT2D eigenvalue weighted by Gasteiger charge is -2.15. The lowest BCUT2D eigenvalue weighted by atomic mass is 10.1. The summed E-state index contributed by atoms with van der Waals surface area (Å²) in [5, 5.41) is 11.9. The van der Waals surface area contributed by atoms with Crippen molar-refractivity contribution in [2.75, 3.05) is 11.5 Å². The number of thiocarbonyl (C=S) groups is 1. The zero-order valence-electron chi connectivity index (χ0n) is 18.8. The van der Waals surface area contributed by atoms with E-state index in [1.54, 1.807) is 30.3 Å². The molecule has 3 aromatic rings. The number of ether oxygens (including phenoxy) is 2. The van der Waals surface area contributed by atoms with Crippen LogP contribution in [0.1, 0.15) is 18.1 Å². The van der Waals surface area contributed by atoms with Crippen molar-refractivity contribution >= 4 is 74.9 Å². The summed E-state index contributed by atoms with van der Waals surface area (Å²) in [4.78, 5) is 25.2. The molecule has 1 aliphatic rings. The van der Waals surface area contributed by atoms with Gasteiger partial charge in [0.25, 0.3) is 11.6 Å². The third kappa shape index (κ3) is 5.82. The largest absolute Gasteiger partial charge is 0.490 e. The smallest absolute Gasteiger partial charge is 0.270 e. The molecule has 0 aliphatic carbocycles. The molecule has 36 heavy (non-hydrogen) atoms. The number of carbonyl (C=O) groups excluding carboxylic acids is 1. The molecule has 0 N–H and O–H groups in total. The molecule has 1 aliphatic heterocycles. The second-order valence-corrected chi connectivity index (χ2v) is 9.99. The Hall–Kier alpha value is -3.11. The van der Waals surface area contributed by atoms with Gasteiger partial charge in [-0.25, -0.2) is 0 Å². The van der Waals surface area contributed by atoms with Crippen molar-refractivity contribution in [2.24, 2.45) is 0 Å². The van der Waals surface area contributed by atoms with Gasteiger partial charge in [-0.3, -0.25) is 19.8 Å². The third-order valence-corrected chi connectivity index (χ3v) is 6.87. The van der Waals surface area contributed by atoms with E-state index in [9.17, 15) is 14.9 Å². The number of non-ortho nitro benzene ring substituents is 1. The maximum Gasteiger partial charge on any atom is 0.270 e. The van der Waals surface area contributed by atoms with E-state index in [1.165, 1.54) is 29.2 Å². The molecule has 0 saturated carbocycles. The van der Waals surface area contributed by atoms with E-state index in [0.717, 1.165) is 17.3 Å². The van der Waals surface area contributed by atoms with E-state index in [1.807, 2.05) is 19.1 Å². The quantitative estimate of drug-likeness (QED) is 0.124. The molecule has 1 amide bonds. The minimum atomic E-state index is -0.503. The molecule has 0 spiro atoms. The van der Waals surface area contributed by atoms with Crippen molar-refractivity contribution in [3.63, 3.8) is 0 Å². The Balaban J connectivity index is 1.58. The highest BCUT2D eigenvalue weighted by atomic mass is 35.5. The fraction of sp³-hybridized carbons (Fsp3) is 0.120. The Morgan fingerprint density at radius 2 is 1.78 bits per heavy atom. The van der Waals surface area contributed by atoms with E-state index in [0.29, 0.717) is 48.6 Å². The lowest BCUT2D eigenvalue weighted by Crippen LogP contribution is -2.27. The Labute approximate surface area is 226 Å². The van der Waals surface area contributed by atoms with Crippen LogP contribution in [0.3, 0.4) is 0 Å². The maximum absolute atomic E-state index is 13.1. The fourth-order valence-corrected chi connectivity index (χ4v) is 5.07. The molecule has 7 nitrogen and oxygen atoms in total. The summed E-state index contributed by atoms with van der Waals surface area (Å²) in [5.74, 6) is 0.496. The van der Waals surface area contributed by atoms with E-state index < -0.39 is 4.92 Å². The number of halogens is 2. The SMILES string of the molecule is CCOc1cc(/C=C2\SC(=S)N(c3ccc([N+](=O)[O-])cc3)C2=O)cc(Cl)c1OCc1ccc(Cl)cc1. The van der Waals surface area contributed by atoms with Crippen molar-refractivity contribution in [1.29, 1.82) is 0 Å². The Morgan fingerprint density at radius 3 is 2.42 bits per heavy atom. The zero-order chi connectivity index (χ0) is 25.8. The van der Waals surface area contributed by atoms with Gasteiger partial charge in [0.2, 0.25) is 0 Å². The standard InChI is InChI=1S/C25H18Cl2N2O5S2/c1-2-33-21-12-16(11-20(27)23(21)34-14-15-3-5-17(26)6-4-15)13-22-24(30)28(25(35)36-22)18-7-9-19(10-8-18)29(31)32/h3-13H,2,14H2,1H3/b22-13-. The van der Waals surface area contributed by atoms with Gasteiger partial charge in [0, 0.05) is 17.2 Å². The number of hydrogen-bond donors (Lipinski definition) is 0. The van der Waals surface area contributed by atoms with Gasteiger partial charge in [0.05, 0.1) is 27.1 Å². The van der Waals surface area contributed by atoms with E-state index in [-0.39, 0.29) is 18.2 Å². The van der Waals surface area contributed by atoms with Gasteiger partial charge in [0.15, 0.2) is 15.8 Å². The predicted molar refractivity (Wildman–Crippen MR) is 147 cm³/mol. The number of hydrogen-bond acceptors (Lipinski definition) is 7. The van der Waals surface area contributed by atoms with Crippen molar-refractivity contribution in [2.45, 2.75) is 13.5 Å². The molecule has 11 heteroatoms. The van der Waals surface area contributed by atoms with Crippen LogP contribution in [0.4, 0.5) is 11.4 Å². The molecular weight excluding hydrogens is 543 g/mol. The first-order valence-electron chi connectivity index (χ1n) is 10.6. The maximum atomic E-state index is 13.1. The van der Waals surface area contributed by atoms with Gasteiger partial charge in [0.1, 0.15) is 6.61 Å². The average molecular weight is 561 g/mol. The number of amides is 1. The van der Waals surface area contributed by atoms with Crippen LogP contribution in [-0.2, 0) is 11.4 Å². The van der Waals surface area contributed by atoms with E-state index in [2.05, 4.69) is 0 Å². The van der Waals surface area contributed by atoms with E-state index in [4.69, 9.17) is 44.9 Å². The number of rotatable bonds is 8. The first-order chi connectivity index (χ1) is 17.3. The Kier molecular flexibility index (Phi) is 8.15. The van der Waals surface area contributed by atoms with Crippen LogP contribution >= 0.6 is 47.2 Å². The molecule has 0 aromatic heterocycles. The highest BCUT2D eigenvalue weighted by molar-refractivity contribution is 8.27. The van der Waals surface area contributed by atoms with Crippen LogP contribution in [0.15, 0.2) is 65.6 Å². The highest BCUT2D eigenvalue weighted by Crippen LogP contribution is 2.40. The molecule has 0 unspecified atom stereocenters. The molecule has 0 bridgehead atoms. The number of nitrogens with zero attached hydrogens (tertiary/aromatic N) is 2. The Morgan fingerprint density at radius 1 is 1.08 bits per heavy atom. The number of nitro benzene ring substituents is 1. The summed E-state index contributed by atoms with van der Waals surface area (Å²) in [7, 11) is 0. The Bertz CT molecular complexity index is 1360. The average Bonchev–Trinajstić information content (AvgIpc) is 3.12. The topological polar surface area (TPSA) is 81.9 Å². The van der Waals surface area contributed by atoms with Crippen LogP contribution in [0.2, 0.25) is 10.0 Å². The summed E-state index contributed by atoms with van der Waals surface area (Å²) >= 11 is 19.0. The third-order valence-electron chi connectivity index (χ3n) is 5.04. The lowest BCUT2D eigenvalue weighted by molar-refractivity contribution is -0.384.